The Morgan fingerprint density at radius 1 is 1.00 bits per heavy atom. The summed E-state index contributed by atoms with van der Waals surface area (Å²) in [7, 11) is 0. The lowest BCUT2D eigenvalue weighted by molar-refractivity contribution is 0.0475. The summed E-state index contributed by atoms with van der Waals surface area (Å²) >= 11 is 11.6. The van der Waals surface area contributed by atoms with E-state index in [-0.39, 0.29) is 23.0 Å². The van der Waals surface area contributed by atoms with Crippen molar-refractivity contribution < 1.29 is 14.3 Å². The van der Waals surface area contributed by atoms with Crippen LogP contribution >= 0.6 is 23.2 Å². The summed E-state index contributed by atoms with van der Waals surface area (Å²) in [5.41, 5.74) is 0.666. The molecular formula is C15H10Cl2O3. The van der Waals surface area contributed by atoms with Crippen molar-refractivity contribution in [1.82, 2.24) is 0 Å². The van der Waals surface area contributed by atoms with Crippen LogP contribution in [0.15, 0.2) is 48.5 Å². The van der Waals surface area contributed by atoms with E-state index in [2.05, 4.69) is 0 Å². The molecule has 0 amide bonds. The average molecular weight is 309 g/mol. The zero-order valence-electron chi connectivity index (χ0n) is 10.3. The predicted octanol–water partition coefficient (Wildman–Crippen LogP) is 4.03. The number of carbonyl (C=O) groups excluding carboxylic acids is 2. The lowest BCUT2D eigenvalue weighted by Crippen LogP contribution is -2.14. The first-order chi connectivity index (χ1) is 9.58. The molecular weight excluding hydrogens is 299 g/mol. The fraction of sp³-hybridized carbons (Fsp3) is 0.0667. The first kappa shape index (κ1) is 14.6. The van der Waals surface area contributed by atoms with Crippen LogP contribution in [0.3, 0.4) is 0 Å². The normalized spacial score (nSPS) is 10.1. The van der Waals surface area contributed by atoms with Gasteiger partial charge in [0.05, 0.1) is 10.6 Å². The molecule has 2 rings (SSSR count). The van der Waals surface area contributed by atoms with E-state index in [0.717, 1.165) is 0 Å². The highest BCUT2D eigenvalue weighted by Crippen LogP contribution is 2.21. The van der Waals surface area contributed by atoms with Crippen molar-refractivity contribution in [1.29, 1.82) is 0 Å². The monoisotopic (exact) mass is 308 g/mol. The van der Waals surface area contributed by atoms with Gasteiger partial charge in [-0.25, -0.2) is 4.79 Å². The summed E-state index contributed by atoms with van der Waals surface area (Å²) in [4.78, 5) is 23.6. The highest BCUT2D eigenvalue weighted by atomic mass is 35.5. The number of ketones is 1. The molecule has 0 atom stereocenters. The van der Waals surface area contributed by atoms with Gasteiger partial charge in [-0.3, -0.25) is 4.79 Å². The Labute approximate surface area is 126 Å². The van der Waals surface area contributed by atoms with Crippen LogP contribution in [0, 0.1) is 0 Å². The van der Waals surface area contributed by atoms with Gasteiger partial charge in [-0.15, -0.1) is 0 Å². The molecule has 0 heterocycles. The first-order valence-electron chi connectivity index (χ1n) is 5.78. The second-order valence-electron chi connectivity index (χ2n) is 3.99. The molecule has 0 saturated carbocycles. The third-order valence-electron chi connectivity index (χ3n) is 2.58. The van der Waals surface area contributed by atoms with Gasteiger partial charge in [0.2, 0.25) is 0 Å². The molecule has 0 aromatic heterocycles. The minimum absolute atomic E-state index is 0.178. The molecule has 2 aromatic carbocycles. The maximum atomic E-state index is 11.8. The standard InChI is InChI=1S/C15H10Cl2O3/c16-11-6-7-12(13(17)8-11)15(19)20-9-14(18)10-4-2-1-3-5-10/h1-8H,9H2. The second-order valence-corrected chi connectivity index (χ2v) is 4.83. The summed E-state index contributed by atoms with van der Waals surface area (Å²) in [5, 5.41) is 0.613. The zero-order chi connectivity index (χ0) is 14.5. The molecule has 0 aliphatic carbocycles. The number of rotatable bonds is 4. The predicted molar refractivity (Wildman–Crippen MR) is 77.5 cm³/mol. The van der Waals surface area contributed by atoms with Gasteiger partial charge < -0.3 is 4.74 Å². The molecule has 0 radical (unpaired) electrons. The Morgan fingerprint density at radius 3 is 2.35 bits per heavy atom. The van der Waals surface area contributed by atoms with Gasteiger partial charge in [-0.2, -0.15) is 0 Å². The smallest absolute Gasteiger partial charge is 0.340 e. The molecule has 0 bridgehead atoms. The largest absolute Gasteiger partial charge is 0.454 e. The van der Waals surface area contributed by atoms with Crippen molar-refractivity contribution in [3.8, 4) is 0 Å². The van der Waals surface area contributed by atoms with Crippen LogP contribution in [-0.2, 0) is 4.74 Å². The van der Waals surface area contributed by atoms with E-state index >= 15 is 0 Å². The Morgan fingerprint density at radius 2 is 1.70 bits per heavy atom. The number of carbonyl (C=O) groups is 2. The van der Waals surface area contributed by atoms with Gasteiger partial charge in [0.25, 0.3) is 0 Å². The van der Waals surface area contributed by atoms with Gasteiger partial charge in [-0.05, 0) is 18.2 Å². The van der Waals surface area contributed by atoms with Crippen molar-refractivity contribution in [2.24, 2.45) is 0 Å². The molecule has 20 heavy (non-hydrogen) atoms. The summed E-state index contributed by atoms with van der Waals surface area (Å²) < 4.78 is 4.95. The summed E-state index contributed by atoms with van der Waals surface area (Å²) in [6.45, 7) is -0.332. The fourth-order valence-electron chi connectivity index (χ4n) is 1.57. The molecule has 0 N–H and O–H groups in total. The van der Waals surface area contributed by atoms with Crippen LogP contribution in [0.4, 0.5) is 0 Å². The lowest BCUT2D eigenvalue weighted by Gasteiger charge is -2.06. The number of hydrogen-bond donors (Lipinski definition) is 0. The maximum Gasteiger partial charge on any atom is 0.340 e. The van der Waals surface area contributed by atoms with E-state index < -0.39 is 5.97 Å². The van der Waals surface area contributed by atoms with Gasteiger partial charge in [0, 0.05) is 10.6 Å². The number of esters is 1. The van der Waals surface area contributed by atoms with Crippen LogP contribution in [0.2, 0.25) is 10.0 Å². The van der Waals surface area contributed by atoms with Crippen molar-refractivity contribution in [3.05, 3.63) is 69.7 Å². The molecule has 2 aromatic rings. The molecule has 0 aliphatic heterocycles. The quantitative estimate of drug-likeness (QED) is 0.632. The van der Waals surface area contributed by atoms with Gasteiger partial charge in [0.15, 0.2) is 12.4 Å². The van der Waals surface area contributed by atoms with Crippen LogP contribution in [-0.4, -0.2) is 18.4 Å². The van der Waals surface area contributed by atoms with Gasteiger partial charge >= 0.3 is 5.97 Å². The third kappa shape index (κ3) is 3.59. The molecule has 0 aliphatic rings. The topological polar surface area (TPSA) is 43.4 Å². The van der Waals surface area contributed by atoms with Crippen LogP contribution in [0.5, 0.6) is 0 Å². The minimum atomic E-state index is -0.657. The van der Waals surface area contributed by atoms with E-state index in [4.69, 9.17) is 27.9 Å². The van der Waals surface area contributed by atoms with Crippen molar-refractivity contribution in [2.45, 2.75) is 0 Å². The Kier molecular flexibility index (Phi) is 4.77. The van der Waals surface area contributed by atoms with Gasteiger partial charge in [-0.1, -0.05) is 53.5 Å². The van der Waals surface area contributed by atoms with Crippen LogP contribution in [0.1, 0.15) is 20.7 Å². The molecule has 3 nitrogen and oxygen atoms in total. The average Bonchev–Trinajstić information content (AvgIpc) is 2.45. The summed E-state index contributed by atoms with van der Waals surface area (Å²) in [5.74, 6) is -0.931. The highest BCUT2D eigenvalue weighted by molar-refractivity contribution is 6.36. The van der Waals surface area contributed by atoms with Gasteiger partial charge in [0.1, 0.15) is 0 Å². The molecule has 5 heteroatoms. The van der Waals surface area contributed by atoms with Crippen LogP contribution < -0.4 is 0 Å². The first-order valence-corrected chi connectivity index (χ1v) is 6.54. The third-order valence-corrected chi connectivity index (χ3v) is 3.13. The Hall–Kier alpha value is -1.84. The molecule has 0 saturated heterocycles. The maximum absolute atomic E-state index is 11.8. The lowest BCUT2D eigenvalue weighted by atomic mass is 10.1. The number of Topliss-reactive ketones (excluding diaryl/α,β-unsaturated/α-hetero) is 1. The molecule has 0 fully saturated rings. The number of ether oxygens (including phenoxy) is 1. The van der Waals surface area contributed by atoms with E-state index in [1.54, 1.807) is 30.3 Å². The summed E-state index contributed by atoms with van der Waals surface area (Å²) in [6, 6.07) is 13.0. The SMILES string of the molecule is O=C(COC(=O)c1ccc(Cl)cc1Cl)c1ccccc1. The molecule has 102 valence electrons. The number of benzene rings is 2. The Balaban J connectivity index is 2.00. The number of hydrogen-bond acceptors (Lipinski definition) is 3. The minimum Gasteiger partial charge on any atom is -0.454 e. The second kappa shape index (κ2) is 6.55. The summed E-state index contributed by atoms with van der Waals surface area (Å²) in [6.07, 6.45) is 0. The van der Waals surface area contributed by atoms with E-state index in [0.29, 0.717) is 10.6 Å². The number of halogens is 2. The van der Waals surface area contributed by atoms with Crippen molar-refractivity contribution in [3.63, 3.8) is 0 Å². The van der Waals surface area contributed by atoms with E-state index in [9.17, 15) is 9.59 Å². The van der Waals surface area contributed by atoms with Crippen molar-refractivity contribution in [2.75, 3.05) is 6.61 Å². The van der Waals surface area contributed by atoms with E-state index in [1.807, 2.05) is 0 Å². The fourth-order valence-corrected chi connectivity index (χ4v) is 2.06. The zero-order valence-corrected chi connectivity index (χ0v) is 11.8. The Bertz CT molecular complexity index is 639. The van der Waals surface area contributed by atoms with E-state index in [1.165, 1.54) is 18.2 Å². The molecule has 0 unspecified atom stereocenters. The van der Waals surface area contributed by atoms with Crippen molar-refractivity contribution >= 4 is 35.0 Å². The highest BCUT2D eigenvalue weighted by Gasteiger charge is 2.14. The molecule has 0 spiro atoms. The van der Waals surface area contributed by atoms with Crippen LogP contribution in [0.25, 0.3) is 0 Å².